The lowest BCUT2D eigenvalue weighted by Crippen LogP contribution is -2.35. The van der Waals surface area contributed by atoms with Crippen molar-refractivity contribution in [1.82, 2.24) is 9.88 Å². The van der Waals surface area contributed by atoms with E-state index in [4.69, 9.17) is 4.98 Å². The van der Waals surface area contributed by atoms with E-state index in [0.717, 1.165) is 50.5 Å². The Labute approximate surface area is 147 Å². The Balaban J connectivity index is 1.32. The quantitative estimate of drug-likeness (QED) is 0.846. The Hall–Kier alpha value is -1.62. The third-order valence-corrected chi connectivity index (χ3v) is 6.48. The summed E-state index contributed by atoms with van der Waals surface area (Å²) in [6, 6.07) is 6.50. The summed E-state index contributed by atoms with van der Waals surface area (Å²) in [7, 11) is 0. The number of carbonyl (C=O) groups excluding carboxylic acids is 1. The number of nitrogens with zero attached hydrogens (tertiary/aromatic N) is 3. The molecule has 0 spiro atoms. The molecule has 0 N–H and O–H groups in total. The highest BCUT2D eigenvalue weighted by atomic mass is 32.1. The summed E-state index contributed by atoms with van der Waals surface area (Å²) in [5, 5.41) is 1.17. The van der Waals surface area contributed by atoms with Gasteiger partial charge in [0.05, 0.1) is 10.2 Å². The zero-order valence-electron chi connectivity index (χ0n) is 14.3. The maximum Gasteiger partial charge on any atom is 0.222 e. The van der Waals surface area contributed by atoms with E-state index in [2.05, 4.69) is 34.9 Å². The van der Waals surface area contributed by atoms with Gasteiger partial charge in [-0.05, 0) is 56.2 Å². The molecule has 1 aromatic heterocycles. The van der Waals surface area contributed by atoms with Gasteiger partial charge in [0, 0.05) is 32.6 Å². The molecule has 2 aromatic rings. The van der Waals surface area contributed by atoms with Crippen molar-refractivity contribution in [2.45, 2.75) is 39.0 Å². The zero-order chi connectivity index (χ0) is 16.5. The number of benzene rings is 1. The largest absolute Gasteiger partial charge is 0.348 e. The van der Waals surface area contributed by atoms with E-state index in [1.165, 1.54) is 34.7 Å². The number of anilines is 1. The van der Waals surface area contributed by atoms with Gasteiger partial charge in [-0.15, -0.1) is 0 Å². The fourth-order valence-corrected chi connectivity index (χ4v) is 4.96. The topological polar surface area (TPSA) is 36.4 Å². The van der Waals surface area contributed by atoms with E-state index in [1.54, 1.807) is 0 Å². The predicted octanol–water partition coefficient (Wildman–Crippen LogP) is 3.83. The summed E-state index contributed by atoms with van der Waals surface area (Å²) in [6.45, 7) is 6.26. The van der Waals surface area contributed by atoms with Gasteiger partial charge in [-0.25, -0.2) is 4.98 Å². The Morgan fingerprint density at radius 1 is 1.25 bits per heavy atom. The van der Waals surface area contributed by atoms with Crippen molar-refractivity contribution in [3.05, 3.63) is 23.8 Å². The normalized spacial score (nSPS) is 19.6. The van der Waals surface area contributed by atoms with Crippen LogP contribution in [0.1, 0.15) is 37.7 Å². The molecule has 0 atom stereocenters. The van der Waals surface area contributed by atoms with Crippen LogP contribution in [0.2, 0.25) is 0 Å². The van der Waals surface area contributed by atoms with Crippen molar-refractivity contribution in [3.63, 3.8) is 0 Å². The van der Waals surface area contributed by atoms with Crippen LogP contribution in [0, 0.1) is 12.8 Å². The van der Waals surface area contributed by atoms with Crippen LogP contribution in [0.3, 0.4) is 0 Å². The Morgan fingerprint density at radius 2 is 2.08 bits per heavy atom. The fraction of sp³-hybridized carbons (Fsp3) is 0.579. The van der Waals surface area contributed by atoms with Crippen molar-refractivity contribution in [1.29, 1.82) is 0 Å². The molecule has 24 heavy (non-hydrogen) atoms. The second kappa shape index (κ2) is 6.71. The second-order valence-electron chi connectivity index (χ2n) is 7.17. The van der Waals surface area contributed by atoms with Crippen molar-refractivity contribution in [3.8, 4) is 0 Å². The zero-order valence-corrected chi connectivity index (χ0v) is 15.1. The molecule has 2 aliphatic heterocycles. The number of aryl methyl sites for hydroxylation is 1. The van der Waals surface area contributed by atoms with E-state index >= 15 is 0 Å². The molecule has 4 nitrogen and oxygen atoms in total. The number of rotatable bonds is 4. The number of aromatic nitrogens is 1. The van der Waals surface area contributed by atoms with Gasteiger partial charge < -0.3 is 9.80 Å². The average molecular weight is 343 g/mol. The van der Waals surface area contributed by atoms with Gasteiger partial charge in [0.25, 0.3) is 0 Å². The number of piperidine rings is 1. The first-order chi connectivity index (χ1) is 11.7. The SMILES string of the molecule is Cc1ccc2nc(N3CCC(CCN4CCCC4=O)CC3)sc2c1. The van der Waals surface area contributed by atoms with Gasteiger partial charge in [-0.1, -0.05) is 17.4 Å². The maximum atomic E-state index is 11.7. The summed E-state index contributed by atoms with van der Waals surface area (Å²) in [5.74, 6) is 1.11. The number of amides is 1. The summed E-state index contributed by atoms with van der Waals surface area (Å²) < 4.78 is 1.29. The Kier molecular flexibility index (Phi) is 4.44. The van der Waals surface area contributed by atoms with Gasteiger partial charge in [-0.2, -0.15) is 0 Å². The van der Waals surface area contributed by atoms with E-state index < -0.39 is 0 Å². The maximum absolute atomic E-state index is 11.7. The number of fused-ring (bicyclic) bond motifs is 1. The van der Waals surface area contributed by atoms with E-state index in [-0.39, 0.29) is 0 Å². The average Bonchev–Trinajstić information content (AvgIpc) is 3.19. The molecule has 0 unspecified atom stereocenters. The predicted molar refractivity (Wildman–Crippen MR) is 99.7 cm³/mol. The van der Waals surface area contributed by atoms with Crippen LogP contribution in [-0.2, 0) is 4.79 Å². The van der Waals surface area contributed by atoms with Crippen molar-refractivity contribution in [2.75, 3.05) is 31.1 Å². The smallest absolute Gasteiger partial charge is 0.222 e. The molecule has 2 saturated heterocycles. The highest BCUT2D eigenvalue weighted by molar-refractivity contribution is 7.22. The molecule has 5 heteroatoms. The van der Waals surface area contributed by atoms with E-state index in [9.17, 15) is 4.79 Å². The fourth-order valence-electron chi connectivity index (χ4n) is 3.85. The molecule has 2 fully saturated rings. The Morgan fingerprint density at radius 3 is 2.83 bits per heavy atom. The van der Waals surface area contributed by atoms with Gasteiger partial charge in [-0.3, -0.25) is 4.79 Å². The summed E-state index contributed by atoms with van der Waals surface area (Å²) >= 11 is 1.82. The molecule has 0 radical (unpaired) electrons. The summed E-state index contributed by atoms with van der Waals surface area (Å²) in [5.41, 5.74) is 2.42. The van der Waals surface area contributed by atoms with Gasteiger partial charge in [0.2, 0.25) is 5.91 Å². The molecular weight excluding hydrogens is 318 g/mol. The van der Waals surface area contributed by atoms with Crippen LogP contribution >= 0.6 is 11.3 Å². The number of hydrogen-bond acceptors (Lipinski definition) is 4. The number of thiazole rings is 1. The first kappa shape index (κ1) is 15.9. The molecule has 128 valence electrons. The first-order valence-electron chi connectivity index (χ1n) is 9.09. The van der Waals surface area contributed by atoms with Crippen LogP contribution in [-0.4, -0.2) is 42.0 Å². The van der Waals surface area contributed by atoms with Gasteiger partial charge in [0.15, 0.2) is 5.13 Å². The molecule has 1 aromatic carbocycles. The third kappa shape index (κ3) is 3.27. The second-order valence-corrected chi connectivity index (χ2v) is 8.18. The lowest BCUT2D eigenvalue weighted by molar-refractivity contribution is -0.127. The molecule has 2 aliphatic rings. The highest BCUT2D eigenvalue weighted by Crippen LogP contribution is 2.32. The van der Waals surface area contributed by atoms with Crippen LogP contribution in [0.5, 0.6) is 0 Å². The minimum atomic E-state index is 0.359. The minimum absolute atomic E-state index is 0.359. The van der Waals surface area contributed by atoms with Crippen LogP contribution in [0.4, 0.5) is 5.13 Å². The first-order valence-corrected chi connectivity index (χ1v) is 9.90. The lowest BCUT2D eigenvalue weighted by Gasteiger charge is -2.32. The molecule has 0 bridgehead atoms. The van der Waals surface area contributed by atoms with Gasteiger partial charge >= 0.3 is 0 Å². The lowest BCUT2D eigenvalue weighted by atomic mass is 9.93. The summed E-state index contributed by atoms with van der Waals surface area (Å²) in [6.07, 6.45) is 5.41. The number of carbonyl (C=O) groups is 1. The van der Waals surface area contributed by atoms with Gasteiger partial charge in [0.1, 0.15) is 0 Å². The number of hydrogen-bond donors (Lipinski definition) is 0. The molecule has 0 saturated carbocycles. The molecular formula is C19H25N3OS. The molecule has 0 aliphatic carbocycles. The highest BCUT2D eigenvalue weighted by Gasteiger charge is 2.24. The molecule has 4 rings (SSSR count). The van der Waals surface area contributed by atoms with Crippen LogP contribution in [0.25, 0.3) is 10.2 Å². The Bertz CT molecular complexity index is 733. The standard InChI is InChI=1S/C19H25N3OS/c1-14-4-5-16-17(13-14)24-19(20-16)22-11-7-15(8-12-22)6-10-21-9-2-3-18(21)23/h4-5,13,15H,2-3,6-12H2,1H3. The molecule has 1 amide bonds. The van der Waals surface area contributed by atoms with Crippen molar-refractivity contribution < 1.29 is 4.79 Å². The van der Waals surface area contributed by atoms with E-state index in [0.29, 0.717) is 5.91 Å². The number of likely N-dealkylation sites (tertiary alicyclic amines) is 1. The molecule has 3 heterocycles. The van der Waals surface area contributed by atoms with E-state index in [1.807, 2.05) is 11.3 Å². The minimum Gasteiger partial charge on any atom is -0.348 e. The monoisotopic (exact) mass is 343 g/mol. The third-order valence-electron chi connectivity index (χ3n) is 5.40. The van der Waals surface area contributed by atoms with Crippen molar-refractivity contribution >= 4 is 32.6 Å². The van der Waals surface area contributed by atoms with Crippen LogP contribution in [0.15, 0.2) is 18.2 Å². The summed E-state index contributed by atoms with van der Waals surface area (Å²) in [4.78, 5) is 21.0. The van der Waals surface area contributed by atoms with Crippen molar-refractivity contribution in [2.24, 2.45) is 5.92 Å². The van der Waals surface area contributed by atoms with Crippen LogP contribution < -0.4 is 4.90 Å².